The number of nitrogens with zero attached hydrogens (tertiary/aromatic N) is 2. The zero-order chi connectivity index (χ0) is 13.0. The number of halogens is 2. The van der Waals surface area contributed by atoms with Gasteiger partial charge >= 0.3 is 0 Å². The maximum absolute atomic E-state index is 6.07. The molecule has 0 spiro atoms. The number of alkyl halides is 1. The first kappa shape index (κ1) is 13.4. The Morgan fingerprint density at radius 2 is 2.00 bits per heavy atom. The predicted molar refractivity (Wildman–Crippen MR) is 76.5 cm³/mol. The highest BCUT2D eigenvalue weighted by molar-refractivity contribution is 6.30. The van der Waals surface area contributed by atoms with Crippen LogP contribution >= 0.6 is 23.2 Å². The first-order valence-electron chi connectivity index (χ1n) is 6.05. The lowest BCUT2D eigenvalue weighted by Gasteiger charge is -2.13. The summed E-state index contributed by atoms with van der Waals surface area (Å²) < 4.78 is 1.93. The molecule has 1 aromatic carbocycles. The van der Waals surface area contributed by atoms with Gasteiger partial charge in [0.2, 0.25) is 0 Å². The largest absolute Gasteiger partial charge is 0.273 e. The number of aromatic nitrogens is 2. The highest BCUT2D eigenvalue weighted by Gasteiger charge is 2.12. The summed E-state index contributed by atoms with van der Waals surface area (Å²) in [5.74, 6) is 0.900. The minimum absolute atomic E-state index is 0.304. The van der Waals surface area contributed by atoms with Gasteiger partial charge in [-0.3, -0.25) is 4.68 Å². The topological polar surface area (TPSA) is 17.8 Å². The van der Waals surface area contributed by atoms with Gasteiger partial charge in [-0.15, -0.1) is 11.6 Å². The second-order valence-corrected chi connectivity index (χ2v) is 5.06. The third kappa shape index (κ3) is 3.27. The quantitative estimate of drug-likeness (QED) is 0.755. The number of benzene rings is 1. The smallest absolute Gasteiger partial charge is 0.0521 e. The Hall–Kier alpha value is -0.990. The van der Waals surface area contributed by atoms with E-state index in [1.54, 1.807) is 0 Å². The molecular weight excluding hydrogens is 267 g/mol. The van der Waals surface area contributed by atoms with E-state index < -0.39 is 0 Å². The van der Waals surface area contributed by atoms with E-state index in [0.29, 0.717) is 11.8 Å². The summed E-state index contributed by atoms with van der Waals surface area (Å²) in [5.41, 5.74) is 2.44. The van der Waals surface area contributed by atoms with E-state index in [1.807, 2.05) is 35.1 Å². The summed E-state index contributed by atoms with van der Waals surface area (Å²) in [7, 11) is 0. The zero-order valence-corrected chi connectivity index (χ0v) is 11.8. The Kier molecular flexibility index (Phi) is 4.67. The number of rotatable bonds is 5. The molecule has 1 aromatic heterocycles. The fourth-order valence-electron chi connectivity index (χ4n) is 1.97. The Bertz CT molecular complexity index is 491. The highest BCUT2D eigenvalue weighted by Crippen LogP contribution is 2.23. The second kappa shape index (κ2) is 6.26. The van der Waals surface area contributed by atoms with Crippen molar-refractivity contribution in [1.29, 1.82) is 0 Å². The van der Waals surface area contributed by atoms with Gasteiger partial charge in [-0.25, -0.2) is 0 Å². The molecular formula is C14H16Cl2N2. The molecule has 4 heteroatoms. The van der Waals surface area contributed by atoms with E-state index in [-0.39, 0.29) is 0 Å². The third-order valence-corrected chi connectivity index (χ3v) is 3.64. The number of aryl methyl sites for hydroxylation is 1. The predicted octanol–water partition coefficient (Wildman–Crippen LogP) is 4.12. The van der Waals surface area contributed by atoms with Crippen LogP contribution in [0.5, 0.6) is 0 Å². The van der Waals surface area contributed by atoms with Crippen LogP contribution in [-0.2, 0) is 13.0 Å². The Labute approximate surface area is 118 Å². The minimum Gasteiger partial charge on any atom is -0.273 e. The van der Waals surface area contributed by atoms with Gasteiger partial charge in [0.1, 0.15) is 0 Å². The van der Waals surface area contributed by atoms with Gasteiger partial charge in [-0.2, -0.15) is 5.10 Å². The summed E-state index contributed by atoms with van der Waals surface area (Å²) in [6, 6.07) is 7.90. The van der Waals surface area contributed by atoms with E-state index in [2.05, 4.69) is 18.2 Å². The second-order valence-electron chi connectivity index (χ2n) is 4.31. The summed E-state index contributed by atoms with van der Waals surface area (Å²) in [5, 5.41) is 5.04. The Morgan fingerprint density at radius 1 is 1.28 bits per heavy atom. The standard InChI is InChI=1S/C14H16Cl2N2/c1-2-18-10-11(9-17-18)7-13(8-15)12-3-5-14(16)6-4-12/h3-6,9-10,13H,2,7-8H2,1H3. The van der Waals surface area contributed by atoms with Crippen molar-refractivity contribution in [1.82, 2.24) is 9.78 Å². The van der Waals surface area contributed by atoms with E-state index in [1.165, 1.54) is 11.1 Å². The van der Waals surface area contributed by atoms with Crippen molar-refractivity contribution < 1.29 is 0 Å². The molecule has 0 radical (unpaired) electrons. The van der Waals surface area contributed by atoms with Crippen molar-refractivity contribution in [3.8, 4) is 0 Å². The maximum Gasteiger partial charge on any atom is 0.0521 e. The van der Waals surface area contributed by atoms with Gasteiger partial charge in [-0.1, -0.05) is 23.7 Å². The molecule has 2 rings (SSSR count). The summed E-state index contributed by atoms with van der Waals surface area (Å²) in [6.07, 6.45) is 4.90. The van der Waals surface area contributed by atoms with E-state index in [9.17, 15) is 0 Å². The number of hydrogen-bond acceptors (Lipinski definition) is 1. The molecule has 96 valence electrons. The summed E-state index contributed by atoms with van der Waals surface area (Å²) >= 11 is 12.0. The van der Waals surface area contributed by atoms with Crippen molar-refractivity contribution in [2.75, 3.05) is 5.88 Å². The average molecular weight is 283 g/mol. The Balaban J connectivity index is 2.11. The average Bonchev–Trinajstić information content (AvgIpc) is 2.85. The third-order valence-electron chi connectivity index (χ3n) is 3.02. The van der Waals surface area contributed by atoms with Crippen molar-refractivity contribution >= 4 is 23.2 Å². The highest BCUT2D eigenvalue weighted by atomic mass is 35.5. The van der Waals surface area contributed by atoms with Crippen molar-refractivity contribution in [3.05, 3.63) is 52.8 Å². The molecule has 1 unspecified atom stereocenters. The molecule has 0 saturated carbocycles. The van der Waals surface area contributed by atoms with Crippen LogP contribution in [0.15, 0.2) is 36.7 Å². The molecule has 2 nitrogen and oxygen atoms in total. The van der Waals surface area contributed by atoms with E-state index >= 15 is 0 Å². The van der Waals surface area contributed by atoms with Crippen molar-refractivity contribution in [3.63, 3.8) is 0 Å². The fourth-order valence-corrected chi connectivity index (χ4v) is 2.38. The van der Waals surface area contributed by atoms with Crippen LogP contribution in [0.2, 0.25) is 5.02 Å². The van der Waals surface area contributed by atoms with Gasteiger partial charge in [0.05, 0.1) is 6.20 Å². The van der Waals surface area contributed by atoms with Crippen LogP contribution in [0.4, 0.5) is 0 Å². The first-order valence-corrected chi connectivity index (χ1v) is 6.97. The SMILES string of the molecule is CCn1cc(CC(CCl)c2ccc(Cl)cc2)cn1. The molecule has 0 bridgehead atoms. The molecule has 0 aliphatic rings. The van der Waals surface area contributed by atoms with E-state index in [0.717, 1.165) is 18.0 Å². The fraction of sp³-hybridized carbons (Fsp3) is 0.357. The van der Waals surface area contributed by atoms with Gasteiger partial charge in [0, 0.05) is 29.6 Å². The van der Waals surface area contributed by atoms with Gasteiger partial charge in [0.25, 0.3) is 0 Å². The lowest BCUT2D eigenvalue weighted by molar-refractivity contribution is 0.658. The van der Waals surface area contributed by atoms with Crippen LogP contribution in [0.3, 0.4) is 0 Å². The van der Waals surface area contributed by atoms with Crippen LogP contribution in [0.25, 0.3) is 0 Å². The minimum atomic E-state index is 0.304. The van der Waals surface area contributed by atoms with E-state index in [4.69, 9.17) is 23.2 Å². The molecule has 0 N–H and O–H groups in total. The molecule has 0 fully saturated rings. The van der Waals surface area contributed by atoms with Crippen molar-refractivity contribution in [2.24, 2.45) is 0 Å². The molecule has 0 saturated heterocycles. The lowest BCUT2D eigenvalue weighted by atomic mass is 9.95. The molecule has 0 amide bonds. The van der Waals surface area contributed by atoms with Crippen LogP contribution < -0.4 is 0 Å². The van der Waals surface area contributed by atoms with Gasteiger partial charge in [0.15, 0.2) is 0 Å². The molecule has 2 aromatic rings. The van der Waals surface area contributed by atoms with Crippen molar-refractivity contribution in [2.45, 2.75) is 25.8 Å². The normalized spacial score (nSPS) is 12.6. The zero-order valence-electron chi connectivity index (χ0n) is 10.3. The van der Waals surface area contributed by atoms with Crippen LogP contribution in [0.1, 0.15) is 24.0 Å². The molecule has 0 aliphatic heterocycles. The molecule has 0 aliphatic carbocycles. The van der Waals surface area contributed by atoms with Gasteiger partial charge < -0.3 is 0 Å². The van der Waals surface area contributed by atoms with Crippen LogP contribution in [-0.4, -0.2) is 15.7 Å². The maximum atomic E-state index is 6.07. The van der Waals surface area contributed by atoms with Gasteiger partial charge in [-0.05, 0) is 36.6 Å². The molecule has 18 heavy (non-hydrogen) atoms. The lowest BCUT2D eigenvalue weighted by Crippen LogP contribution is -2.04. The Morgan fingerprint density at radius 3 is 2.56 bits per heavy atom. The monoisotopic (exact) mass is 282 g/mol. The molecule has 1 heterocycles. The first-order chi connectivity index (χ1) is 8.72. The summed E-state index contributed by atoms with van der Waals surface area (Å²) in [4.78, 5) is 0. The molecule has 1 atom stereocenters. The summed E-state index contributed by atoms with van der Waals surface area (Å²) in [6.45, 7) is 2.97. The number of hydrogen-bond donors (Lipinski definition) is 0. The van der Waals surface area contributed by atoms with Crippen LogP contribution in [0, 0.1) is 0 Å².